The second kappa shape index (κ2) is 11.9. The van der Waals surface area contributed by atoms with Gasteiger partial charge in [-0.15, -0.1) is 0 Å². The molecule has 6 nitrogen and oxygen atoms in total. The predicted molar refractivity (Wildman–Crippen MR) is 162 cm³/mol. The van der Waals surface area contributed by atoms with Crippen LogP contribution in [0.2, 0.25) is 10.0 Å². The van der Waals surface area contributed by atoms with E-state index < -0.39 is 10.0 Å². The van der Waals surface area contributed by atoms with Gasteiger partial charge < -0.3 is 9.80 Å². The van der Waals surface area contributed by atoms with Crippen LogP contribution in [0.5, 0.6) is 0 Å². The first-order valence-electron chi connectivity index (χ1n) is 12.9. The lowest BCUT2D eigenvalue weighted by Gasteiger charge is -2.37. The predicted octanol–water partition coefficient (Wildman–Crippen LogP) is 6.66. The molecule has 0 aliphatic carbocycles. The number of benzene rings is 4. The Kier molecular flexibility index (Phi) is 8.35. The minimum absolute atomic E-state index is 0.0419. The number of hydrogen-bond acceptors (Lipinski definition) is 4. The summed E-state index contributed by atoms with van der Waals surface area (Å²) in [5.41, 5.74) is 3.38. The molecule has 0 aromatic heterocycles. The first-order chi connectivity index (χ1) is 19.2. The third kappa shape index (κ3) is 6.12. The number of sulfonamides is 1. The Balaban J connectivity index is 1.46. The summed E-state index contributed by atoms with van der Waals surface area (Å²) in [5, 5.41) is 1.23. The molecular weight excluding hydrogens is 565 g/mol. The molecule has 9 heteroatoms. The summed E-state index contributed by atoms with van der Waals surface area (Å²) in [4.78, 5) is 18.0. The Morgan fingerprint density at radius 1 is 0.800 bits per heavy atom. The smallest absolute Gasteiger partial charge is 0.264 e. The van der Waals surface area contributed by atoms with Gasteiger partial charge in [0.1, 0.15) is 0 Å². The molecule has 5 rings (SSSR count). The molecule has 4 aromatic carbocycles. The number of anilines is 2. The van der Waals surface area contributed by atoms with Gasteiger partial charge in [0.25, 0.3) is 15.9 Å². The second-order valence-electron chi connectivity index (χ2n) is 9.73. The first kappa shape index (κ1) is 28.0. The minimum Gasteiger partial charge on any atom is -0.368 e. The molecule has 0 atom stereocenters. The van der Waals surface area contributed by atoms with Gasteiger partial charge in [-0.3, -0.25) is 9.10 Å². The van der Waals surface area contributed by atoms with E-state index in [1.165, 1.54) is 4.31 Å². The maximum absolute atomic E-state index is 14.1. The van der Waals surface area contributed by atoms with E-state index in [-0.39, 0.29) is 17.3 Å². The van der Waals surface area contributed by atoms with Crippen molar-refractivity contribution in [2.45, 2.75) is 18.4 Å². The number of nitrogens with zero attached hydrogens (tertiary/aromatic N) is 3. The van der Waals surface area contributed by atoms with Crippen LogP contribution in [0.3, 0.4) is 0 Å². The third-order valence-electron chi connectivity index (χ3n) is 6.99. The number of carbonyl (C=O) groups is 1. The van der Waals surface area contributed by atoms with E-state index >= 15 is 0 Å². The van der Waals surface area contributed by atoms with Crippen LogP contribution in [-0.4, -0.2) is 45.4 Å². The summed E-state index contributed by atoms with van der Waals surface area (Å²) in [7, 11) is -4.01. The molecule has 0 saturated carbocycles. The van der Waals surface area contributed by atoms with Crippen LogP contribution >= 0.6 is 23.2 Å². The van der Waals surface area contributed by atoms with E-state index in [0.717, 1.165) is 16.8 Å². The highest BCUT2D eigenvalue weighted by Gasteiger charge is 2.31. The molecule has 0 spiro atoms. The van der Waals surface area contributed by atoms with Gasteiger partial charge in [-0.2, -0.15) is 0 Å². The lowest BCUT2D eigenvalue weighted by molar-refractivity contribution is 0.0747. The maximum Gasteiger partial charge on any atom is 0.264 e. The average Bonchev–Trinajstić information content (AvgIpc) is 2.97. The highest BCUT2D eigenvalue weighted by molar-refractivity contribution is 7.92. The zero-order chi connectivity index (χ0) is 28.3. The van der Waals surface area contributed by atoms with E-state index in [1.807, 2.05) is 31.2 Å². The van der Waals surface area contributed by atoms with Crippen molar-refractivity contribution in [3.8, 4) is 0 Å². The normalized spacial score (nSPS) is 13.8. The van der Waals surface area contributed by atoms with Crippen LogP contribution < -0.4 is 9.21 Å². The number of halogens is 2. The zero-order valence-corrected chi connectivity index (χ0v) is 24.3. The number of rotatable bonds is 7. The molecule has 1 heterocycles. The van der Waals surface area contributed by atoms with Gasteiger partial charge in [0.2, 0.25) is 0 Å². The summed E-state index contributed by atoms with van der Waals surface area (Å²) in [6, 6.07) is 28.3. The van der Waals surface area contributed by atoms with Gasteiger partial charge in [0.15, 0.2) is 0 Å². The summed E-state index contributed by atoms with van der Waals surface area (Å²) in [5.74, 6) is -0.207. The Hall–Kier alpha value is -3.52. The number of hydrogen-bond donors (Lipinski definition) is 0. The Bertz CT molecular complexity index is 1600. The SMILES string of the molecule is Cc1ccc(S(=O)(=O)N(Cc2ccc(Cl)cc2)c2ccccc2C(=O)N2CCN(c3cccc(Cl)c3)CC2)cc1. The molecule has 0 bridgehead atoms. The van der Waals surface area contributed by atoms with Crippen molar-refractivity contribution in [3.05, 3.63) is 124 Å². The molecule has 0 unspecified atom stereocenters. The highest BCUT2D eigenvalue weighted by Crippen LogP contribution is 2.31. The molecular formula is C31H29Cl2N3O3S. The number of carbonyl (C=O) groups excluding carboxylic acids is 1. The van der Waals surface area contributed by atoms with Crippen LogP contribution in [0, 0.1) is 6.92 Å². The number of para-hydroxylation sites is 1. The Morgan fingerprint density at radius 3 is 2.15 bits per heavy atom. The molecule has 1 saturated heterocycles. The van der Waals surface area contributed by atoms with Gasteiger partial charge in [-0.25, -0.2) is 8.42 Å². The fourth-order valence-corrected chi connectivity index (χ4v) is 6.56. The molecule has 4 aromatic rings. The standard InChI is InChI=1S/C31H29Cl2N3O3S/c1-23-9-15-28(16-10-23)40(38,39)36(22-24-11-13-25(32)14-12-24)30-8-3-2-7-29(30)31(37)35-19-17-34(18-20-35)27-6-4-5-26(33)21-27/h2-16,21H,17-20,22H2,1H3. The van der Waals surface area contributed by atoms with Crippen molar-refractivity contribution < 1.29 is 13.2 Å². The molecule has 1 aliphatic heterocycles. The van der Waals surface area contributed by atoms with Crippen molar-refractivity contribution in [2.75, 3.05) is 35.4 Å². The summed E-state index contributed by atoms with van der Waals surface area (Å²) < 4.78 is 29.4. The lowest BCUT2D eigenvalue weighted by Crippen LogP contribution is -2.49. The summed E-state index contributed by atoms with van der Waals surface area (Å²) >= 11 is 12.3. The van der Waals surface area contributed by atoms with Crippen LogP contribution in [-0.2, 0) is 16.6 Å². The zero-order valence-electron chi connectivity index (χ0n) is 22.0. The van der Waals surface area contributed by atoms with Crippen LogP contribution in [0.1, 0.15) is 21.5 Å². The highest BCUT2D eigenvalue weighted by atomic mass is 35.5. The monoisotopic (exact) mass is 593 g/mol. The molecule has 1 amide bonds. The molecule has 1 aliphatic rings. The van der Waals surface area contributed by atoms with E-state index in [0.29, 0.717) is 47.5 Å². The lowest BCUT2D eigenvalue weighted by atomic mass is 10.1. The van der Waals surface area contributed by atoms with Crippen molar-refractivity contribution in [1.29, 1.82) is 0 Å². The molecule has 1 fully saturated rings. The first-order valence-corrected chi connectivity index (χ1v) is 15.1. The van der Waals surface area contributed by atoms with Gasteiger partial charge in [-0.1, -0.05) is 71.2 Å². The summed E-state index contributed by atoms with van der Waals surface area (Å²) in [6.45, 7) is 4.24. The number of aryl methyl sites for hydroxylation is 1. The van der Waals surface area contributed by atoms with Gasteiger partial charge in [-0.05, 0) is 67.1 Å². The molecule has 0 radical (unpaired) electrons. The molecule has 0 N–H and O–H groups in total. The Morgan fingerprint density at radius 2 is 1.48 bits per heavy atom. The van der Waals surface area contributed by atoms with Crippen LogP contribution in [0.25, 0.3) is 0 Å². The topological polar surface area (TPSA) is 60.9 Å². The van der Waals surface area contributed by atoms with E-state index in [1.54, 1.807) is 77.7 Å². The largest absolute Gasteiger partial charge is 0.368 e. The van der Waals surface area contributed by atoms with E-state index in [2.05, 4.69) is 4.90 Å². The van der Waals surface area contributed by atoms with Crippen molar-refractivity contribution in [2.24, 2.45) is 0 Å². The van der Waals surface area contributed by atoms with Gasteiger partial charge in [0.05, 0.1) is 22.7 Å². The van der Waals surface area contributed by atoms with Crippen molar-refractivity contribution in [1.82, 2.24) is 4.90 Å². The average molecular weight is 595 g/mol. The maximum atomic E-state index is 14.1. The second-order valence-corrected chi connectivity index (χ2v) is 12.5. The number of piperazine rings is 1. The fourth-order valence-electron chi connectivity index (χ4n) is 4.78. The number of amides is 1. The van der Waals surface area contributed by atoms with E-state index in [4.69, 9.17) is 23.2 Å². The minimum atomic E-state index is -4.01. The van der Waals surface area contributed by atoms with E-state index in [9.17, 15) is 13.2 Å². The third-order valence-corrected chi connectivity index (χ3v) is 9.25. The quantitative estimate of drug-likeness (QED) is 0.240. The molecule has 40 heavy (non-hydrogen) atoms. The van der Waals surface area contributed by atoms with Crippen molar-refractivity contribution in [3.63, 3.8) is 0 Å². The van der Waals surface area contributed by atoms with Crippen LogP contribution in [0.15, 0.2) is 102 Å². The van der Waals surface area contributed by atoms with Crippen molar-refractivity contribution >= 4 is 50.5 Å². The Labute approximate surface area is 245 Å². The fraction of sp³-hybridized carbons (Fsp3) is 0.194. The van der Waals surface area contributed by atoms with Crippen LogP contribution in [0.4, 0.5) is 11.4 Å². The summed E-state index contributed by atoms with van der Waals surface area (Å²) in [6.07, 6.45) is 0. The molecule has 206 valence electrons. The van der Waals surface area contributed by atoms with Gasteiger partial charge in [0, 0.05) is 41.9 Å². The van der Waals surface area contributed by atoms with Gasteiger partial charge >= 0.3 is 0 Å².